The summed E-state index contributed by atoms with van der Waals surface area (Å²) in [6.45, 7) is 27.4. The van der Waals surface area contributed by atoms with E-state index in [1.165, 1.54) is 21.5 Å². The zero-order valence-electron chi connectivity index (χ0n) is 35.1. The first-order valence-corrected chi connectivity index (χ1v) is 30.3. The third-order valence-electron chi connectivity index (χ3n) is 12.4. The Hall–Kier alpha value is -0.822. The minimum Gasteiger partial charge on any atom is -1.00 e. The van der Waals surface area contributed by atoms with Crippen molar-refractivity contribution in [1.29, 1.82) is 0 Å². The number of hydrogen-bond acceptors (Lipinski definition) is 4. The summed E-state index contributed by atoms with van der Waals surface area (Å²) in [5.41, 5.74) is 0. The molecular formula is C42H70Cl2HfO4Si4. The Balaban J connectivity index is 0.000000966. The first kappa shape index (κ1) is 52.2. The molecule has 0 aliphatic heterocycles. The second kappa shape index (κ2) is 24.1. The van der Waals surface area contributed by atoms with Crippen molar-refractivity contribution in [3.8, 4) is 23.0 Å². The SMILES string of the molecule is CC[Si](CC)(CC)Oc1cc2cc[cH-]c2cc1O[Si](CC)(CC)CC.CC[Si](CC)(CC)Oc1cc2cc[cH-]c2cc1O[Si](CC)(CC)CC.[Cl-].[Cl-].[Hf+4]. The Morgan fingerprint density at radius 3 is 0.792 bits per heavy atom. The molecule has 0 saturated heterocycles. The van der Waals surface area contributed by atoms with Gasteiger partial charge >= 0.3 is 25.8 Å². The summed E-state index contributed by atoms with van der Waals surface area (Å²) < 4.78 is 27.1. The van der Waals surface area contributed by atoms with E-state index in [4.69, 9.17) is 17.7 Å². The van der Waals surface area contributed by atoms with Crippen LogP contribution in [0.5, 0.6) is 23.0 Å². The van der Waals surface area contributed by atoms with Crippen LogP contribution >= 0.6 is 0 Å². The van der Waals surface area contributed by atoms with E-state index < -0.39 is 33.3 Å². The molecule has 0 bridgehead atoms. The summed E-state index contributed by atoms with van der Waals surface area (Å²) in [7, 11) is -6.91. The number of rotatable bonds is 20. The van der Waals surface area contributed by atoms with Crippen molar-refractivity contribution in [3.05, 3.63) is 60.7 Å². The standard InChI is InChI=1S/2C21H35O2Si2.2ClH.Hf/c2*1-7-24(8-2,9-3)22-20-16-18-14-13-15-19(18)17-21(20)23-25(10-4,11-5)12-6;;;/h2*13-17H,7-12H2,1-6H3;2*1H;/q2*-1;;;+4/p-2. The summed E-state index contributed by atoms with van der Waals surface area (Å²) in [6, 6.07) is 35.6. The average molecular weight is 1000 g/mol. The van der Waals surface area contributed by atoms with Gasteiger partial charge in [0.05, 0.1) is 0 Å². The minimum absolute atomic E-state index is 0. The van der Waals surface area contributed by atoms with Gasteiger partial charge in [0, 0.05) is 0 Å². The molecular weight excluding hydrogens is 930 g/mol. The Kier molecular flexibility index (Phi) is 23.7. The molecule has 0 saturated carbocycles. The Morgan fingerprint density at radius 2 is 0.585 bits per heavy atom. The number of hydrogen-bond donors (Lipinski definition) is 0. The fourth-order valence-electron chi connectivity index (χ4n) is 7.39. The van der Waals surface area contributed by atoms with Crippen molar-refractivity contribution in [2.75, 3.05) is 0 Å². The van der Waals surface area contributed by atoms with E-state index in [9.17, 15) is 0 Å². The largest absolute Gasteiger partial charge is 4.00 e. The van der Waals surface area contributed by atoms with Crippen LogP contribution in [0.1, 0.15) is 83.1 Å². The molecule has 0 atom stereocenters. The summed E-state index contributed by atoms with van der Waals surface area (Å²) >= 11 is 0. The van der Waals surface area contributed by atoms with Crippen molar-refractivity contribution in [2.45, 2.75) is 156 Å². The summed E-state index contributed by atoms with van der Waals surface area (Å²) in [5.74, 6) is 3.96. The molecule has 11 heteroatoms. The fourth-order valence-corrected chi connectivity index (χ4v) is 17.6. The van der Waals surface area contributed by atoms with Gasteiger partial charge < -0.3 is 42.5 Å². The van der Waals surface area contributed by atoms with Crippen LogP contribution in [0, 0.1) is 0 Å². The van der Waals surface area contributed by atoms with Crippen LogP contribution in [0.4, 0.5) is 0 Å². The van der Waals surface area contributed by atoms with Gasteiger partial charge in [0.1, 0.15) is 23.0 Å². The molecule has 53 heavy (non-hydrogen) atoms. The predicted octanol–water partition coefficient (Wildman–Crippen LogP) is 8.66. The molecule has 4 nitrogen and oxygen atoms in total. The monoisotopic (exact) mass is 1000 g/mol. The topological polar surface area (TPSA) is 36.9 Å². The molecule has 4 aromatic rings. The van der Waals surface area contributed by atoms with Gasteiger partial charge in [-0.05, 0) is 72.5 Å². The second-order valence-corrected chi connectivity index (χ2v) is 33.1. The molecule has 0 amide bonds. The number of benzene rings is 2. The molecule has 0 heterocycles. The van der Waals surface area contributed by atoms with Gasteiger partial charge in [-0.3, -0.25) is 0 Å². The van der Waals surface area contributed by atoms with E-state index in [1.54, 1.807) is 0 Å². The maximum absolute atomic E-state index is 6.77. The van der Waals surface area contributed by atoms with Crippen LogP contribution < -0.4 is 42.5 Å². The molecule has 0 radical (unpaired) electrons. The van der Waals surface area contributed by atoms with Crippen molar-refractivity contribution >= 4 is 54.8 Å². The van der Waals surface area contributed by atoms with Gasteiger partial charge in [-0.25, -0.2) is 0 Å². The van der Waals surface area contributed by atoms with Crippen molar-refractivity contribution in [3.63, 3.8) is 0 Å². The maximum atomic E-state index is 6.77. The van der Waals surface area contributed by atoms with Gasteiger partial charge in [0.2, 0.25) is 16.6 Å². The maximum Gasteiger partial charge on any atom is 4.00 e. The molecule has 0 unspecified atom stereocenters. The number of fused-ring (bicyclic) bond motifs is 2. The zero-order chi connectivity index (χ0) is 37.0. The van der Waals surface area contributed by atoms with Crippen LogP contribution in [-0.2, 0) is 25.8 Å². The van der Waals surface area contributed by atoms with Crippen molar-refractivity contribution < 1.29 is 68.4 Å². The zero-order valence-corrected chi connectivity index (χ0v) is 44.3. The van der Waals surface area contributed by atoms with Crippen LogP contribution in [0.25, 0.3) is 21.5 Å². The Labute approximate surface area is 359 Å². The van der Waals surface area contributed by atoms with Crippen molar-refractivity contribution in [1.82, 2.24) is 0 Å². The molecule has 0 spiro atoms. The fraction of sp³-hybridized carbons (Fsp3) is 0.571. The Morgan fingerprint density at radius 1 is 0.377 bits per heavy atom. The molecule has 0 aromatic heterocycles. The third-order valence-corrected chi connectivity index (χ3v) is 30.5. The molecule has 0 aliphatic carbocycles. The van der Waals surface area contributed by atoms with Gasteiger partial charge in [-0.15, -0.1) is 33.7 Å². The molecule has 0 aliphatic rings. The molecule has 4 rings (SSSR count). The normalized spacial score (nSPS) is 11.8. The van der Waals surface area contributed by atoms with E-state index in [1.807, 2.05) is 0 Å². The minimum atomic E-state index is -1.73. The second-order valence-electron chi connectivity index (χ2n) is 14.3. The predicted molar refractivity (Wildman–Crippen MR) is 230 cm³/mol. The summed E-state index contributed by atoms with van der Waals surface area (Å²) in [4.78, 5) is 0. The van der Waals surface area contributed by atoms with Crippen molar-refractivity contribution in [2.24, 2.45) is 0 Å². The summed E-state index contributed by atoms with van der Waals surface area (Å²) in [6.07, 6.45) is 0. The summed E-state index contributed by atoms with van der Waals surface area (Å²) in [5, 5.41) is 5.02. The van der Waals surface area contributed by atoms with Gasteiger partial charge in [0.25, 0.3) is 16.6 Å². The van der Waals surface area contributed by atoms with Crippen LogP contribution in [0.3, 0.4) is 0 Å². The number of halogens is 2. The third kappa shape index (κ3) is 12.6. The molecule has 0 N–H and O–H groups in total. The average Bonchev–Trinajstić information content (AvgIpc) is 3.83. The van der Waals surface area contributed by atoms with E-state index >= 15 is 0 Å². The van der Waals surface area contributed by atoms with Gasteiger partial charge in [0.15, 0.2) is 0 Å². The first-order valence-electron chi connectivity index (χ1n) is 20.2. The molecule has 0 fully saturated rings. The van der Waals surface area contributed by atoms with E-state index in [0.29, 0.717) is 0 Å². The molecule has 4 aromatic carbocycles. The van der Waals surface area contributed by atoms with Crippen LogP contribution in [0.15, 0.2) is 60.7 Å². The van der Waals surface area contributed by atoms with E-state index in [0.717, 1.165) is 95.5 Å². The smallest absolute Gasteiger partial charge is 1.00 e. The van der Waals surface area contributed by atoms with E-state index in [-0.39, 0.29) is 50.7 Å². The quantitative estimate of drug-likeness (QED) is 0.0657. The van der Waals surface area contributed by atoms with Crippen LogP contribution in [-0.4, -0.2) is 33.3 Å². The van der Waals surface area contributed by atoms with Gasteiger partial charge in [-0.2, -0.15) is 24.3 Å². The Bertz CT molecular complexity index is 1330. The van der Waals surface area contributed by atoms with E-state index in [2.05, 4.69) is 144 Å². The van der Waals surface area contributed by atoms with Crippen LogP contribution in [0.2, 0.25) is 72.5 Å². The first-order chi connectivity index (χ1) is 24.0. The van der Waals surface area contributed by atoms with Gasteiger partial charge in [-0.1, -0.05) is 107 Å². The molecule has 296 valence electrons.